The number of hydrogen-bond acceptors (Lipinski definition) is 3. The van der Waals surface area contributed by atoms with E-state index in [0.717, 1.165) is 16.8 Å². The second kappa shape index (κ2) is 3.96. The van der Waals surface area contributed by atoms with Crippen molar-refractivity contribution < 1.29 is 5.11 Å². The molecule has 1 aliphatic carbocycles. The summed E-state index contributed by atoms with van der Waals surface area (Å²) in [7, 11) is 0. The van der Waals surface area contributed by atoms with Crippen LogP contribution in [0.4, 0.5) is 0 Å². The van der Waals surface area contributed by atoms with Gasteiger partial charge in [0, 0.05) is 5.56 Å². The number of aromatic amines is 1. The summed E-state index contributed by atoms with van der Waals surface area (Å²) in [6.45, 7) is 0. The van der Waals surface area contributed by atoms with Gasteiger partial charge in [-0.1, -0.05) is 24.4 Å². The lowest BCUT2D eigenvalue weighted by Gasteiger charge is -2.05. The zero-order valence-corrected chi connectivity index (χ0v) is 10.00. The minimum absolute atomic E-state index is 0.243. The molecule has 3 rings (SSSR count). The Morgan fingerprint density at radius 3 is 2.76 bits per heavy atom. The number of nitrogens with zero attached hydrogens (tertiary/aromatic N) is 1. The predicted molar refractivity (Wildman–Crippen MR) is 68.5 cm³/mol. The van der Waals surface area contributed by atoms with Crippen LogP contribution in [-0.2, 0) is 0 Å². The number of para-hydroxylation sites is 1. The third-order valence-electron chi connectivity index (χ3n) is 3.03. The number of H-pyrrole nitrogens is 1. The number of phenolic OH excluding ortho intramolecular Hbond substituents is 1. The van der Waals surface area contributed by atoms with Gasteiger partial charge in [-0.25, -0.2) is 0 Å². The predicted octanol–water partition coefficient (Wildman–Crippen LogP) is 3.39. The minimum atomic E-state index is 0.243. The summed E-state index contributed by atoms with van der Waals surface area (Å²) in [6, 6.07) is 9.19. The standard InChI is InChI=1S/C13H12N2OS/c16-12-4-2-1-3-9(12)11-7-10(8-5-6-8)13(17)15-14-11/h1-4,7-8,16H,5-6H2,(H,15,17). The molecule has 2 aromatic rings. The molecule has 17 heavy (non-hydrogen) atoms. The molecule has 1 heterocycles. The molecule has 1 aromatic carbocycles. The fourth-order valence-corrected chi connectivity index (χ4v) is 2.22. The molecule has 1 aliphatic rings. The molecule has 3 nitrogen and oxygen atoms in total. The van der Waals surface area contributed by atoms with Crippen LogP contribution in [0, 0.1) is 4.64 Å². The first-order valence-electron chi connectivity index (χ1n) is 5.63. The SMILES string of the molecule is Oc1ccccc1-c1cc(C2CC2)c(=S)[nH]n1. The molecule has 1 fully saturated rings. The number of benzene rings is 1. The maximum absolute atomic E-state index is 9.80. The molecule has 1 aromatic heterocycles. The van der Waals surface area contributed by atoms with Crippen molar-refractivity contribution in [3.63, 3.8) is 0 Å². The number of rotatable bonds is 2. The first kappa shape index (κ1) is 10.5. The Labute approximate surface area is 104 Å². The van der Waals surface area contributed by atoms with Crippen molar-refractivity contribution in [2.24, 2.45) is 0 Å². The number of aromatic nitrogens is 2. The maximum atomic E-state index is 9.80. The lowest BCUT2D eigenvalue weighted by Crippen LogP contribution is -1.93. The highest BCUT2D eigenvalue weighted by Gasteiger charge is 2.25. The van der Waals surface area contributed by atoms with Gasteiger partial charge in [-0.15, -0.1) is 0 Å². The summed E-state index contributed by atoms with van der Waals surface area (Å²) in [5.74, 6) is 0.818. The molecule has 0 unspecified atom stereocenters. The number of hydrogen-bond donors (Lipinski definition) is 2. The molecule has 0 saturated heterocycles. The average Bonchev–Trinajstić information content (AvgIpc) is 3.15. The molecule has 0 radical (unpaired) electrons. The maximum Gasteiger partial charge on any atom is 0.125 e. The monoisotopic (exact) mass is 244 g/mol. The van der Waals surface area contributed by atoms with Gasteiger partial charge >= 0.3 is 0 Å². The van der Waals surface area contributed by atoms with E-state index in [1.54, 1.807) is 12.1 Å². The van der Waals surface area contributed by atoms with Crippen molar-refractivity contribution in [1.29, 1.82) is 0 Å². The van der Waals surface area contributed by atoms with Gasteiger partial charge < -0.3 is 5.11 Å². The van der Waals surface area contributed by atoms with Gasteiger partial charge in [-0.3, -0.25) is 5.10 Å². The Kier molecular flexibility index (Phi) is 2.44. The topological polar surface area (TPSA) is 48.9 Å². The first-order chi connectivity index (χ1) is 8.25. The molecule has 2 N–H and O–H groups in total. The van der Waals surface area contributed by atoms with Crippen LogP contribution in [0.5, 0.6) is 5.75 Å². The Morgan fingerprint density at radius 2 is 2.06 bits per heavy atom. The largest absolute Gasteiger partial charge is 0.507 e. The molecule has 1 saturated carbocycles. The second-order valence-electron chi connectivity index (χ2n) is 4.33. The average molecular weight is 244 g/mol. The van der Waals surface area contributed by atoms with Crippen LogP contribution in [0.2, 0.25) is 0 Å². The summed E-state index contributed by atoms with van der Waals surface area (Å²) in [5, 5.41) is 16.9. The smallest absolute Gasteiger partial charge is 0.125 e. The molecular weight excluding hydrogens is 232 g/mol. The molecule has 0 bridgehead atoms. The van der Waals surface area contributed by atoms with E-state index < -0.39 is 0 Å². The van der Waals surface area contributed by atoms with Crippen molar-refractivity contribution >= 4 is 12.2 Å². The highest BCUT2D eigenvalue weighted by atomic mass is 32.1. The molecular formula is C13H12N2OS. The fourth-order valence-electron chi connectivity index (χ4n) is 1.95. The molecule has 0 spiro atoms. The normalized spacial score (nSPS) is 14.8. The van der Waals surface area contributed by atoms with E-state index in [-0.39, 0.29) is 5.75 Å². The lowest BCUT2D eigenvalue weighted by molar-refractivity contribution is 0.477. The van der Waals surface area contributed by atoms with Crippen LogP contribution >= 0.6 is 12.2 Å². The van der Waals surface area contributed by atoms with Gasteiger partial charge in [0.05, 0.1) is 5.69 Å². The number of phenols is 1. The van der Waals surface area contributed by atoms with Crippen LogP contribution in [0.15, 0.2) is 30.3 Å². The van der Waals surface area contributed by atoms with E-state index in [9.17, 15) is 5.11 Å². The van der Waals surface area contributed by atoms with E-state index in [1.807, 2.05) is 18.2 Å². The number of nitrogens with one attached hydrogen (secondary N) is 1. The van der Waals surface area contributed by atoms with Crippen molar-refractivity contribution in [1.82, 2.24) is 10.2 Å². The Balaban J connectivity index is 2.12. The highest BCUT2D eigenvalue weighted by Crippen LogP contribution is 2.41. The number of aromatic hydroxyl groups is 1. The van der Waals surface area contributed by atoms with E-state index in [0.29, 0.717) is 10.6 Å². The summed E-state index contributed by atoms with van der Waals surface area (Å²) in [5.41, 5.74) is 2.63. The van der Waals surface area contributed by atoms with E-state index in [2.05, 4.69) is 10.2 Å². The zero-order chi connectivity index (χ0) is 11.8. The van der Waals surface area contributed by atoms with Gasteiger partial charge in [0.2, 0.25) is 0 Å². The zero-order valence-electron chi connectivity index (χ0n) is 9.18. The quantitative estimate of drug-likeness (QED) is 0.796. The molecule has 0 amide bonds. The van der Waals surface area contributed by atoms with Crippen molar-refractivity contribution in [2.45, 2.75) is 18.8 Å². The lowest BCUT2D eigenvalue weighted by atomic mass is 10.1. The minimum Gasteiger partial charge on any atom is -0.507 e. The second-order valence-corrected chi connectivity index (χ2v) is 4.74. The Morgan fingerprint density at radius 1 is 1.29 bits per heavy atom. The van der Waals surface area contributed by atoms with E-state index in [1.165, 1.54) is 12.8 Å². The van der Waals surface area contributed by atoms with Crippen LogP contribution in [0.1, 0.15) is 24.3 Å². The van der Waals surface area contributed by atoms with E-state index in [4.69, 9.17) is 12.2 Å². The molecule has 86 valence electrons. The summed E-state index contributed by atoms with van der Waals surface area (Å²) >= 11 is 5.23. The third-order valence-corrected chi connectivity index (χ3v) is 3.36. The fraction of sp³-hybridized carbons (Fsp3) is 0.231. The van der Waals surface area contributed by atoms with Gasteiger partial charge in [0.25, 0.3) is 0 Å². The first-order valence-corrected chi connectivity index (χ1v) is 6.04. The van der Waals surface area contributed by atoms with Gasteiger partial charge in [0.1, 0.15) is 10.4 Å². The Hall–Kier alpha value is -1.68. The molecule has 0 aliphatic heterocycles. The third kappa shape index (κ3) is 1.96. The van der Waals surface area contributed by atoms with Crippen molar-refractivity contribution in [2.75, 3.05) is 0 Å². The summed E-state index contributed by atoms with van der Waals surface area (Å²) in [6.07, 6.45) is 2.39. The van der Waals surface area contributed by atoms with Crippen molar-refractivity contribution in [3.8, 4) is 17.0 Å². The summed E-state index contributed by atoms with van der Waals surface area (Å²) in [4.78, 5) is 0. The van der Waals surface area contributed by atoms with E-state index >= 15 is 0 Å². The van der Waals surface area contributed by atoms with Crippen LogP contribution in [0.3, 0.4) is 0 Å². The van der Waals surface area contributed by atoms with Crippen LogP contribution in [-0.4, -0.2) is 15.3 Å². The van der Waals surface area contributed by atoms with Crippen LogP contribution in [0.25, 0.3) is 11.3 Å². The van der Waals surface area contributed by atoms with Gasteiger partial charge in [-0.2, -0.15) is 5.10 Å². The summed E-state index contributed by atoms with van der Waals surface area (Å²) < 4.78 is 0.715. The van der Waals surface area contributed by atoms with Crippen LogP contribution < -0.4 is 0 Å². The van der Waals surface area contributed by atoms with Gasteiger partial charge in [0.15, 0.2) is 0 Å². The Bertz CT molecular complexity index is 617. The van der Waals surface area contributed by atoms with Crippen molar-refractivity contribution in [3.05, 3.63) is 40.5 Å². The van der Waals surface area contributed by atoms with Gasteiger partial charge in [-0.05, 0) is 42.5 Å². The molecule has 0 atom stereocenters. The molecule has 4 heteroatoms. The highest BCUT2D eigenvalue weighted by molar-refractivity contribution is 7.71.